The van der Waals surface area contributed by atoms with Crippen LogP contribution in [0.4, 0.5) is 0 Å². The Morgan fingerprint density at radius 1 is 1.32 bits per heavy atom. The number of hydrogen-bond donors (Lipinski definition) is 1. The maximum absolute atomic E-state index is 5.77. The minimum Gasteiger partial charge on any atom is -0.468 e. The zero-order chi connectivity index (χ0) is 13.5. The number of furan rings is 1. The molecule has 1 aliphatic rings. The van der Waals surface area contributed by atoms with Crippen LogP contribution in [0.5, 0.6) is 0 Å². The maximum Gasteiger partial charge on any atom is 0.123 e. The summed E-state index contributed by atoms with van der Waals surface area (Å²) < 4.78 is 16.7. The number of nitrogens with one attached hydrogen (secondary N) is 1. The predicted octanol–water partition coefficient (Wildman–Crippen LogP) is 2.76. The van der Waals surface area contributed by atoms with Crippen LogP contribution in [-0.4, -0.2) is 32.5 Å². The van der Waals surface area contributed by atoms with Gasteiger partial charge in [-0.25, -0.2) is 0 Å². The minimum atomic E-state index is 0.136. The second-order valence-corrected chi connectivity index (χ2v) is 5.55. The normalized spacial score (nSPS) is 18.9. The van der Waals surface area contributed by atoms with E-state index >= 15 is 0 Å². The molecule has 1 aromatic rings. The lowest BCUT2D eigenvalue weighted by molar-refractivity contribution is 0.0540. The molecule has 2 rings (SSSR count). The summed E-state index contributed by atoms with van der Waals surface area (Å²) in [6, 6.07) is 4.56. The third kappa shape index (κ3) is 4.97. The Kier molecular flexibility index (Phi) is 5.89. The smallest absolute Gasteiger partial charge is 0.123 e. The third-order valence-corrected chi connectivity index (χ3v) is 3.28. The number of ether oxygens (including phenoxy) is 2. The Bertz CT molecular complexity index is 331. The molecule has 1 fully saturated rings. The Balaban J connectivity index is 1.86. The highest BCUT2D eigenvalue weighted by atomic mass is 16.5. The van der Waals surface area contributed by atoms with Crippen molar-refractivity contribution in [3.63, 3.8) is 0 Å². The molecule has 0 aliphatic carbocycles. The van der Waals surface area contributed by atoms with E-state index in [9.17, 15) is 0 Å². The second-order valence-electron chi connectivity index (χ2n) is 5.55. The average Bonchev–Trinajstić information content (AvgIpc) is 2.92. The van der Waals surface area contributed by atoms with Crippen LogP contribution >= 0.6 is 0 Å². The summed E-state index contributed by atoms with van der Waals surface area (Å²) in [6.07, 6.45) is 3.83. The first-order chi connectivity index (χ1) is 9.25. The standard InChI is InChI=1S/C15H25NO3/c1-12(2)10-18-11-14(15-4-3-7-19-15)16-13-5-8-17-9-6-13/h3-4,7,12-14,16H,5-6,8-11H2,1-2H3. The van der Waals surface area contributed by atoms with Crippen LogP contribution in [0.3, 0.4) is 0 Å². The van der Waals surface area contributed by atoms with Gasteiger partial charge in [0.15, 0.2) is 0 Å². The molecule has 2 heterocycles. The molecule has 108 valence electrons. The second kappa shape index (κ2) is 7.68. The van der Waals surface area contributed by atoms with Crippen molar-refractivity contribution in [2.24, 2.45) is 5.92 Å². The van der Waals surface area contributed by atoms with E-state index in [4.69, 9.17) is 13.9 Å². The van der Waals surface area contributed by atoms with Crippen LogP contribution in [0.1, 0.15) is 38.5 Å². The molecule has 1 unspecified atom stereocenters. The SMILES string of the molecule is CC(C)COCC(NC1CCOCC1)c1ccco1. The Labute approximate surface area is 115 Å². The van der Waals surface area contributed by atoms with Gasteiger partial charge < -0.3 is 19.2 Å². The van der Waals surface area contributed by atoms with Crippen LogP contribution in [0.15, 0.2) is 22.8 Å². The first-order valence-electron chi connectivity index (χ1n) is 7.20. The van der Waals surface area contributed by atoms with Crippen LogP contribution < -0.4 is 5.32 Å². The van der Waals surface area contributed by atoms with E-state index in [-0.39, 0.29) is 6.04 Å². The Hall–Kier alpha value is -0.840. The summed E-state index contributed by atoms with van der Waals surface area (Å²) in [7, 11) is 0. The Morgan fingerprint density at radius 2 is 2.11 bits per heavy atom. The van der Waals surface area contributed by atoms with Gasteiger partial charge in [0.1, 0.15) is 5.76 Å². The number of hydrogen-bond acceptors (Lipinski definition) is 4. The lowest BCUT2D eigenvalue weighted by Crippen LogP contribution is -2.39. The summed E-state index contributed by atoms with van der Waals surface area (Å²) in [5.41, 5.74) is 0. The fourth-order valence-corrected chi connectivity index (χ4v) is 2.27. The van der Waals surface area contributed by atoms with Crippen molar-refractivity contribution in [2.75, 3.05) is 26.4 Å². The Morgan fingerprint density at radius 3 is 2.74 bits per heavy atom. The molecule has 0 amide bonds. The van der Waals surface area contributed by atoms with E-state index in [1.165, 1.54) is 0 Å². The van der Waals surface area contributed by atoms with E-state index in [0.29, 0.717) is 18.6 Å². The molecule has 0 spiro atoms. The molecule has 4 heteroatoms. The highest BCUT2D eigenvalue weighted by molar-refractivity contribution is 5.05. The van der Waals surface area contributed by atoms with Crippen molar-refractivity contribution in [2.45, 2.75) is 38.8 Å². The van der Waals surface area contributed by atoms with Gasteiger partial charge in [0, 0.05) is 25.9 Å². The fraction of sp³-hybridized carbons (Fsp3) is 0.733. The van der Waals surface area contributed by atoms with Gasteiger partial charge >= 0.3 is 0 Å². The first kappa shape index (κ1) is 14.6. The zero-order valence-electron chi connectivity index (χ0n) is 11.9. The quantitative estimate of drug-likeness (QED) is 0.825. The minimum absolute atomic E-state index is 0.136. The molecule has 1 atom stereocenters. The molecular formula is C15H25NO3. The monoisotopic (exact) mass is 267 g/mol. The number of rotatable bonds is 7. The largest absolute Gasteiger partial charge is 0.468 e. The summed E-state index contributed by atoms with van der Waals surface area (Å²) in [4.78, 5) is 0. The van der Waals surface area contributed by atoms with Crippen LogP contribution in [0.2, 0.25) is 0 Å². The molecule has 1 N–H and O–H groups in total. The average molecular weight is 267 g/mol. The highest BCUT2D eigenvalue weighted by Crippen LogP contribution is 2.18. The van der Waals surface area contributed by atoms with Gasteiger partial charge in [-0.05, 0) is 30.9 Å². The third-order valence-electron chi connectivity index (χ3n) is 3.28. The van der Waals surface area contributed by atoms with Crippen molar-refractivity contribution in [1.29, 1.82) is 0 Å². The van der Waals surface area contributed by atoms with E-state index in [1.54, 1.807) is 6.26 Å². The maximum atomic E-state index is 5.77. The van der Waals surface area contributed by atoms with Crippen molar-refractivity contribution in [3.8, 4) is 0 Å². The lowest BCUT2D eigenvalue weighted by atomic mass is 10.1. The molecular weight excluding hydrogens is 242 g/mol. The van der Waals surface area contributed by atoms with E-state index < -0.39 is 0 Å². The summed E-state index contributed by atoms with van der Waals surface area (Å²) >= 11 is 0. The molecule has 19 heavy (non-hydrogen) atoms. The molecule has 4 nitrogen and oxygen atoms in total. The lowest BCUT2D eigenvalue weighted by Gasteiger charge is -2.27. The summed E-state index contributed by atoms with van der Waals surface area (Å²) in [6.45, 7) is 7.45. The summed E-state index contributed by atoms with van der Waals surface area (Å²) in [5.74, 6) is 1.51. The van der Waals surface area contributed by atoms with Crippen LogP contribution in [-0.2, 0) is 9.47 Å². The van der Waals surface area contributed by atoms with Gasteiger partial charge in [0.25, 0.3) is 0 Å². The fourth-order valence-electron chi connectivity index (χ4n) is 2.27. The van der Waals surface area contributed by atoms with Gasteiger partial charge in [-0.3, -0.25) is 0 Å². The summed E-state index contributed by atoms with van der Waals surface area (Å²) in [5, 5.41) is 3.63. The molecule has 0 bridgehead atoms. The first-order valence-corrected chi connectivity index (χ1v) is 7.20. The van der Waals surface area contributed by atoms with Crippen molar-refractivity contribution in [3.05, 3.63) is 24.2 Å². The van der Waals surface area contributed by atoms with Crippen LogP contribution in [0.25, 0.3) is 0 Å². The van der Waals surface area contributed by atoms with E-state index in [2.05, 4.69) is 19.2 Å². The van der Waals surface area contributed by atoms with Crippen LogP contribution in [0, 0.1) is 5.92 Å². The molecule has 0 saturated carbocycles. The molecule has 1 saturated heterocycles. The van der Waals surface area contributed by atoms with Gasteiger partial charge in [-0.1, -0.05) is 13.8 Å². The van der Waals surface area contributed by atoms with E-state index in [1.807, 2.05) is 12.1 Å². The molecule has 0 aromatic carbocycles. The van der Waals surface area contributed by atoms with Crippen molar-refractivity contribution < 1.29 is 13.9 Å². The highest BCUT2D eigenvalue weighted by Gasteiger charge is 2.21. The van der Waals surface area contributed by atoms with Crippen molar-refractivity contribution >= 4 is 0 Å². The van der Waals surface area contributed by atoms with Crippen molar-refractivity contribution in [1.82, 2.24) is 5.32 Å². The topological polar surface area (TPSA) is 43.6 Å². The zero-order valence-corrected chi connectivity index (χ0v) is 11.9. The molecule has 0 radical (unpaired) electrons. The van der Waals surface area contributed by atoms with Gasteiger partial charge in [0.2, 0.25) is 0 Å². The van der Waals surface area contributed by atoms with Gasteiger partial charge in [-0.2, -0.15) is 0 Å². The molecule has 1 aliphatic heterocycles. The molecule has 1 aromatic heterocycles. The van der Waals surface area contributed by atoms with Gasteiger partial charge in [-0.15, -0.1) is 0 Å². The van der Waals surface area contributed by atoms with E-state index in [0.717, 1.165) is 38.4 Å². The van der Waals surface area contributed by atoms with Gasteiger partial charge in [0.05, 0.1) is 18.9 Å². The predicted molar refractivity (Wildman–Crippen MR) is 74.1 cm³/mol.